The highest BCUT2D eigenvalue weighted by Crippen LogP contribution is 2.15. The van der Waals surface area contributed by atoms with Crippen LogP contribution in [0.15, 0.2) is 24.3 Å². The monoisotopic (exact) mass is 153 g/mol. The van der Waals surface area contributed by atoms with Crippen molar-refractivity contribution in [3.05, 3.63) is 24.3 Å². The predicted molar refractivity (Wildman–Crippen MR) is 46.3 cm³/mol. The van der Waals surface area contributed by atoms with Crippen LogP contribution in [0.5, 0.6) is 0 Å². The average Bonchev–Trinajstić information content (AvgIpc) is 2.09. The third-order valence-corrected chi connectivity index (χ3v) is 2.10. The fourth-order valence-corrected chi connectivity index (χ4v) is 1.34. The van der Waals surface area contributed by atoms with Crippen molar-refractivity contribution in [1.82, 2.24) is 5.32 Å². The molecule has 2 nitrogen and oxygen atoms in total. The molecule has 0 heterocycles. The number of hydrogen-bond donors (Lipinski definition) is 2. The van der Waals surface area contributed by atoms with Crippen molar-refractivity contribution in [2.75, 3.05) is 13.7 Å². The second-order valence-electron chi connectivity index (χ2n) is 2.79. The molecular weight excluding hydrogens is 138 g/mol. The summed E-state index contributed by atoms with van der Waals surface area (Å²) in [6.45, 7) is 0.208. The third kappa shape index (κ3) is 2.17. The number of likely N-dealkylation sites (N-methyl/N-ethyl adjacent to an activating group) is 1. The van der Waals surface area contributed by atoms with Gasteiger partial charge in [0.1, 0.15) is 0 Å². The first kappa shape index (κ1) is 8.50. The van der Waals surface area contributed by atoms with Gasteiger partial charge in [-0.05, 0) is 19.4 Å². The lowest BCUT2D eigenvalue weighted by Crippen LogP contribution is -2.36. The van der Waals surface area contributed by atoms with Gasteiger partial charge in [0, 0.05) is 6.04 Å². The van der Waals surface area contributed by atoms with Gasteiger partial charge in [-0.1, -0.05) is 24.3 Å². The van der Waals surface area contributed by atoms with Crippen LogP contribution in [-0.4, -0.2) is 24.8 Å². The van der Waals surface area contributed by atoms with Crippen molar-refractivity contribution in [3.63, 3.8) is 0 Å². The molecule has 62 valence electrons. The summed E-state index contributed by atoms with van der Waals surface area (Å²) in [5.74, 6) is 0.454. The fraction of sp³-hybridized carbons (Fsp3) is 0.556. The molecule has 1 aliphatic carbocycles. The topological polar surface area (TPSA) is 32.3 Å². The summed E-state index contributed by atoms with van der Waals surface area (Å²) in [6, 6.07) is 0.205. The van der Waals surface area contributed by atoms with E-state index >= 15 is 0 Å². The predicted octanol–water partition coefficient (Wildman–Crippen LogP) is 0.699. The Labute approximate surface area is 67.6 Å². The zero-order valence-electron chi connectivity index (χ0n) is 6.83. The Morgan fingerprint density at radius 3 is 2.91 bits per heavy atom. The van der Waals surface area contributed by atoms with Crippen molar-refractivity contribution in [1.29, 1.82) is 0 Å². The molecule has 0 aromatic rings. The first-order chi connectivity index (χ1) is 5.38. The molecule has 0 fully saturated rings. The third-order valence-electron chi connectivity index (χ3n) is 2.10. The van der Waals surface area contributed by atoms with E-state index in [-0.39, 0.29) is 12.6 Å². The summed E-state index contributed by atoms with van der Waals surface area (Å²) in [7, 11) is 1.88. The Kier molecular flexibility index (Phi) is 3.33. The molecule has 0 bridgehead atoms. The zero-order chi connectivity index (χ0) is 8.10. The lowest BCUT2D eigenvalue weighted by molar-refractivity contribution is 0.221. The first-order valence-electron chi connectivity index (χ1n) is 4.00. The molecule has 0 aromatic heterocycles. The molecule has 2 unspecified atom stereocenters. The molecule has 0 saturated heterocycles. The largest absolute Gasteiger partial charge is 0.395 e. The molecule has 0 radical (unpaired) electrons. The SMILES string of the molecule is CNC(CO)C1C=CC=CC1. The van der Waals surface area contributed by atoms with Gasteiger partial charge < -0.3 is 10.4 Å². The molecule has 2 heteroatoms. The second-order valence-corrected chi connectivity index (χ2v) is 2.79. The van der Waals surface area contributed by atoms with Gasteiger partial charge in [0.2, 0.25) is 0 Å². The summed E-state index contributed by atoms with van der Waals surface area (Å²) in [6.07, 6.45) is 9.37. The van der Waals surface area contributed by atoms with E-state index < -0.39 is 0 Å². The standard InChI is InChI=1S/C9H15NO/c1-10-9(7-11)8-5-3-2-4-6-8/h2-5,8-11H,6-7H2,1H3. The number of nitrogens with one attached hydrogen (secondary N) is 1. The number of aliphatic hydroxyl groups is 1. The van der Waals surface area contributed by atoms with Crippen LogP contribution in [0, 0.1) is 5.92 Å². The molecule has 2 atom stereocenters. The molecule has 11 heavy (non-hydrogen) atoms. The summed E-state index contributed by atoms with van der Waals surface area (Å²) < 4.78 is 0. The van der Waals surface area contributed by atoms with Gasteiger partial charge in [0.05, 0.1) is 6.61 Å². The summed E-state index contributed by atoms with van der Waals surface area (Å²) in [5.41, 5.74) is 0. The molecule has 0 aliphatic heterocycles. The van der Waals surface area contributed by atoms with Crippen LogP contribution in [0.1, 0.15) is 6.42 Å². The number of hydrogen-bond acceptors (Lipinski definition) is 2. The molecule has 0 amide bonds. The van der Waals surface area contributed by atoms with Crippen molar-refractivity contribution >= 4 is 0 Å². The maximum Gasteiger partial charge on any atom is 0.0590 e. The molecule has 0 aromatic carbocycles. The minimum Gasteiger partial charge on any atom is -0.395 e. The van der Waals surface area contributed by atoms with Gasteiger partial charge in [-0.15, -0.1) is 0 Å². The highest BCUT2D eigenvalue weighted by Gasteiger charge is 2.15. The lowest BCUT2D eigenvalue weighted by Gasteiger charge is -2.22. The van der Waals surface area contributed by atoms with Gasteiger partial charge in [-0.25, -0.2) is 0 Å². The summed E-state index contributed by atoms with van der Waals surface area (Å²) in [4.78, 5) is 0. The highest BCUT2D eigenvalue weighted by molar-refractivity contribution is 5.12. The fourth-order valence-electron chi connectivity index (χ4n) is 1.34. The van der Waals surface area contributed by atoms with E-state index in [1.165, 1.54) is 0 Å². The van der Waals surface area contributed by atoms with E-state index in [1.54, 1.807) is 0 Å². The van der Waals surface area contributed by atoms with Crippen LogP contribution in [0.2, 0.25) is 0 Å². The van der Waals surface area contributed by atoms with Crippen LogP contribution >= 0.6 is 0 Å². The van der Waals surface area contributed by atoms with Crippen molar-refractivity contribution < 1.29 is 5.11 Å². The van der Waals surface area contributed by atoms with Crippen molar-refractivity contribution in [3.8, 4) is 0 Å². The first-order valence-corrected chi connectivity index (χ1v) is 4.00. The Balaban J connectivity index is 2.45. The van der Waals surface area contributed by atoms with Gasteiger partial charge in [0.15, 0.2) is 0 Å². The Morgan fingerprint density at radius 2 is 2.45 bits per heavy atom. The van der Waals surface area contributed by atoms with Crippen LogP contribution in [0.4, 0.5) is 0 Å². The molecule has 0 spiro atoms. The van der Waals surface area contributed by atoms with Gasteiger partial charge in [-0.3, -0.25) is 0 Å². The van der Waals surface area contributed by atoms with E-state index in [1.807, 2.05) is 19.2 Å². The van der Waals surface area contributed by atoms with E-state index in [0.717, 1.165) is 6.42 Å². The zero-order valence-corrected chi connectivity index (χ0v) is 6.83. The molecule has 1 aliphatic rings. The van der Waals surface area contributed by atoms with Crippen LogP contribution in [-0.2, 0) is 0 Å². The normalized spacial score (nSPS) is 25.5. The smallest absolute Gasteiger partial charge is 0.0590 e. The van der Waals surface area contributed by atoms with Gasteiger partial charge in [0.25, 0.3) is 0 Å². The van der Waals surface area contributed by atoms with Crippen LogP contribution in [0.25, 0.3) is 0 Å². The molecule has 1 rings (SSSR count). The Morgan fingerprint density at radius 1 is 1.64 bits per heavy atom. The average molecular weight is 153 g/mol. The van der Waals surface area contributed by atoms with Crippen LogP contribution in [0.3, 0.4) is 0 Å². The summed E-state index contributed by atoms with van der Waals surface area (Å²) >= 11 is 0. The van der Waals surface area contributed by atoms with E-state index in [9.17, 15) is 0 Å². The summed E-state index contributed by atoms with van der Waals surface area (Å²) in [5, 5.41) is 12.0. The second kappa shape index (κ2) is 4.31. The van der Waals surface area contributed by atoms with E-state index in [0.29, 0.717) is 5.92 Å². The quantitative estimate of drug-likeness (QED) is 0.625. The minimum atomic E-state index is 0.205. The molecule has 0 saturated carbocycles. The minimum absolute atomic E-state index is 0.205. The Bertz CT molecular complexity index is 159. The van der Waals surface area contributed by atoms with Gasteiger partial charge >= 0.3 is 0 Å². The lowest BCUT2D eigenvalue weighted by atomic mass is 9.93. The maximum atomic E-state index is 8.96. The maximum absolute atomic E-state index is 8.96. The van der Waals surface area contributed by atoms with Crippen molar-refractivity contribution in [2.24, 2.45) is 5.92 Å². The number of rotatable bonds is 3. The highest BCUT2D eigenvalue weighted by atomic mass is 16.3. The van der Waals surface area contributed by atoms with E-state index in [2.05, 4.69) is 17.5 Å². The number of allylic oxidation sites excluding steroid dienone is 3. The van der Waals surface area contributed by atoms with Crippen molar-refractivity contribution in [2.45, 2.75) is 12.5 Å². The Hall–Kier alpha value is -0.600. The number of aliphatic hydroxyl groups excluding tert-OH is 1. The molecule has 2 N–H and O–H groups in total. The van der Waals surface area contributed by atoms with Crippen LogP contribution < -0.4 is 5.32 Å². The van der Waals surface area contributed by atoms with E-state index in [4.69, 9.17) is 5.11 Å². The molecular formula is C9H15NO. The van der Waals surface area contributed by atoms with Gasteiger partial charge in [-0.2, -0.15) is 0 Å².